The van der Waals surface area contributed by atoms with Crippen molar-refractivity contribution in [3.8, 4) is 0 Å². The van der Waals surface area contributed by atoms with Crippen molar-refractivity contribution >= 4 is 5.91 Å². The average Bonchev–Trinajstić information content (AvgIpc) is 3.35. The SMILES string of the molecule is CCC/C=C\C/C=C\CCCCCCCC(=O)NC(COC1OC(CO)C(OC2OC(CO)C(OC3OC(CO)C(O)C(O)C3O)C(O)C2O)C(O)C1O)C(O)/C=C/CC/C=C/CCCCCCCC. The lowest BCUT2D eigenvalue weighted by molar-refractivity contribution is -0.379. The molecule has 3 heterocycles. The van der Waals surface area contributed by atoms with Crippen LogP contribution < -0.4 is 5.32 Å². The molecular formula is C51H89NO18. The Hall–Kier alpha value is -2.25. The van der Waals surface area contributed by atoms with Crippen LogP contribution in [-0.2, 0) is 33.2 Å². The van der Waals surface area contributed by atoms with Crippen molar-refractivity contribution < 1.29 is 89.4 Å². The quantitative estimate of drug-likeness (QED) is 0.0319. The normalized spacial score (nSPS) is 33.0. The number of carbonyl (C=O) groups excluding carboxylic acids is 1. The molecule has 17 atom stereocenters. The van der Waals surface area contributed by atoms with Crippen molar-refractivity contribution in [1.82, 2.24) is 5.32 Å². The summed E-state index contributed by atoms with van der Waals surface area (Å²) in [7, 11) is 0. The minimum absolute atomic E-state index is 0.217. The third-order valence-corrected chi connectivity index (χ3v) is 12.8. The first-order valence-electron chi connectivity index (χ1n) is 25.9. The third-order valence-electron chi connectivity index (χ3n) is 12.8. The van der Waals surface area contributed by atoms with Crippen molar-refractivity contribution in [1.29, 1.82) is 0 Å². The van der Waals surface area contributed by atoms with E-state index >= 15 is 0 Å². The molecule has 0 radical (unpaired) electrons. The standard InChI is InChI=1S/C51H89NO18/c1-3-5-7-9-11-13-15-17-19-21-23-25-27-29-39(57)52-34(35(56)28-26-24-22-20-18-16-14-12-10-8-6-4-2)33-65-49-45(63)42(60)47(37(31-54)67-49)70-51-46(64)43(61)48(38(32-55)68-51)69-50-44(62)41(59)40(58)36(30-53)66-50/h7,9,13,15,18,20,26,28,34-38,40-51,53-56,58-64H,3-6,8,10-12,14,16-17,19,21-25,27,29-33H2,1-2H3,(H,52,57)/b9-7-,15-13-,20-18+,28-26+. The number of nitrogens with one attached hydrogen (secondary N) is 1. The van der Waals surface area contributed by atoms with E-state index < -0.39 is 124 Å². The number of carbonyl (C=O) groups is 1. The van der Waals surface area contributed by atoms with Gasteiger partial charge < -0.3 is 89.9 Å². The lowest BCUT2D eigenvalue weighted by atomic mass is 9.96. The first-order chi connectivity index (χ1) is 33.8. The number of aliphatic hydroxyl groups is 11. The van der Waals surface area contributed by atoms with Gasteiger partial charge in [-0.25, -0.2) is 0 Å². The molecule has 0 aromatic heterocycles. The largest absolute Gasteiger partial charge is 0.394 e. The molecule has 0 aromatic carbocycles. The molecule has 0 aromatic rings. The molecule has 0 saturated carbocycles. The molecule has 19 heteroatoms. The summed E-state index contributed by atoms with van der Waals surface area (Å²) in [5.74, 6) is -0.306. The Balaban J connectivity index is 1.58. The molecule has 19 nitrogen and oxygen atoms in total. The lowest BCUT2D eigenvalue weighted by Gasteiger charge is -2.48. The first-order valence-corrected chi connectivity index (χ1v) is 25.9. The van der Waals surface area contributed by atoms with Crippen molar-refractivity contribution in [3.05, 3.63) is 48.6 Å². The van der Waals surface area contributed by atoms with E-state index in [0.29, 0.717) is 12.8 Å². The van der Waals surface area contributed by atoms with Crippen molar-refractivity contribution in [3.63, 3.8) is 0 Å². The average molecular weight is 1000 g/mol. The molecule has 3 aliphatic rings. The summed E-state index contributed by atoms with van der Waals surface area (Å²) < 4.78 is 34.1. The summed E-state index contributed by atoms with van der Waals surface area (Å²) in [6.45, 7) is 1.55. The second kappa shape index (κ2) is 35.8. The molecule has 3 saturated heterocycles. The summed E-state index contributed by atoms with van der Waals surface area (Å²) in [5, 5.41) is 119. The predicted molar refractivity (Wildman–Crippen MR) is 259 cm³/mol. The van der Waals surface area contributed by atoms with E-state index in [0.717, 1.165) is 70.6 Å². The van der Waals surface area contributed by atoms with Crippen LogP contribution in [0.2, 0.25) is 0 Å². The summed E-state index contributed by atoms with van der Waals surface area (Å²) >= 11 is 0. The van der Waals surface area contributed by atoms with Crippen LogP contribution >= 0.6 is 0 Å². The van der Waals surface area contributed by atoms with Crippen LogP contribution in [0.5, 0.6) is 0 Å². The molecule has 0 bridgehead atoms. The highest BCUT2D eigenvalue weighted by molar-refractivity contribution is 5.76. The van der Waals surface area contributed by atoms with Crippen molar-refractivity contribution in [2.24, 2.45) is 0 Å². The molecule has 406 valence electrons. The van der Waals surface area contributed by atoms with E-state index in [9.17, 15) is 61.0 Å². The van der Waals surface area contributed by atoms with Gasteiger partial charge in [-0.15, -0.1) is 0 Å². The molecular weight excluding hydrogens is 915 g/mol. The van der Waals surface area contributed by atoms with Gasteiger partial charge in [0.15, 0.2) is 18.9 Å². The van der Waals surface area contributed by atoms with E-state index in [1.165, 1.54) is 32.1 Å². The number of ether oxygens (including phenoxy) is 6. The molecule has 3 aliphatic heterocycles. The monoisotopic (exact) mass is 1000 g/mol. The van der Waals surface area contributed by atoms with Crippen LogP contribution in [0.3, 0.4) is 0 Å². The fourth-order valence-electron chi connectivity index (χ4n) is 8.48. The molecule has 0 aliphatic carbocycles. The first kappa shape index (κ1) is 62.0. The molecule has 70 heavy (non-hydrogen) atoms. The summed E-state index contributed by atoms with van der Waals surface area (Å²) in [6.07, 6.45) is 8.35. The van der Waals surface area contributed by atoms with Crippen LogP contribution in [0.1, 0.15) is 136 Å². The third kappa shape index (κ3) is 21.3. The Kier molecular flexibility index (Phi) is 31.8. The Bertz CT molecular complexity index is 1480. The van der Waals surface area contributed by atoms with E-state index in [2.05, 4.69) is 55.6 Å². The second-order valence-electron chi connectivity index (χ2n) is 18.6. The van der Waals surface area contributed by atoms with Gasteiger partial charge in [0.2, 0.25) is 5.91 Å². The zero-order chi connectivity index (χ0) is 51.3. The fraction of sp³-hybridized carbons (Fsp3) is 0.824. The molecule has 17 unspecified atom stereocenters. The highest BCUT2D eigenvalue weighted by Gasteiger charge is 2.53. The van der Waals surface area contributed by atoms with Crippen LogP contribution in [0.25, 0.3) is 0 Å². The zero-order valence-corrected chi connectivity index (χ0v) is 41.5. The van der Waals surface area contributed by atoms with E-state index in [1.54, 1.807) is 6.08 Å². The van der Waals surface area contributed by atoms with E-state index in [-0.39, 0.29) is 18.9 Å². The minimum atomic E-state index is -1.98. The zero-order valence-electron chi connectivity index (χ0n) is 41.5. The Morgan fingerprint density at radius 3 is 1.57 bits per heavy atom. The van der Waals surface area contributed by atoms with Crippen molar-refractivity contribution in [2.45, 2.75) is 240 Å². The van der Waals surface area contributed by atoms with Gasteiger partial charge in [-0.3, -0.25) is 4.79 Å². The number of hydrogen-bond donors (Lipinski definition) is 12. The van der Waals surface area contributed by atoms with Crippen LogP contribution in [0.15, 0.2) is 48.6 Å². The number of hydrogen-bond acceptors (Lipinski definition) is 18. The highest BCUT2D eigenvalue weighted by Crippen LogP contribution is 2.33. The molecule has 12 N–H and O–H groups in total. The number of unbranched alkanes of at least 4 members (excludes halogenated alkanes) is 13. The lowest BCUT2D eigenvalue weighted by Crippen LogP contribution is -2.66. The van der Waals surface area contributed by atoms with Gasteiger partial charge in [-0.05, 0) is 57.8 Å². The number of amides is 1. The highest BCUT2D eigenvalue weighted by atomic mass is 16.8. The Morgan fingerprint density at radius 2 is 0.986 bits per heavy atom. The summed E-state index contributed by atoms with van der Waals surface area (Å²) in [4.78, 5) is 13.2. The number of allylic oxidation sites excluding steroid dienone is 7. The second-order valence-corrected chi connectivity index (χ2v) is 18.6. The summed E-state index contributed by atoms with van der Waals surface area (Å²) in [6, 6.07) is -0.995. The van der Waals surface area contributed by atoms with E-state index in [1.807, 2.05) is 6.08 Å². The van der Waals surface area contributed by atoms with Crippen LogP contribution in [-0.4, -0.2) is 193 Å². The minimum Gasteiger partial charge on any atom is -0.394 e. The maximum absolute atomic E-state index is 13.2. The molecule has 0 spiro atoms. The molecule has 3 fully saturated rings. The fourth-order valence-corrected chi connectivity index (χ4v) is 8.48. The van der Waals surface area contributed by atoms with Crippen molar-refractivity contribution in [2.75, 3.05) is 26.4 Å². The van der Waals surface area contributed by atoms with Gasteiger partial charge in [-0.2, -0.15) is 0 Å². The van der Waals surface area contributed by atoms with Crippen LogP contribution in [0, 0.1) is 0 Å². The van der Waals surface area contributed by atoms with Gasteiger partial charge in [0.25, 0.3) is 0 Å². The topological polar surface area (TPSA) is 307 Å². The van der Waals surface area contributed by atoms with Gasteiger partial charge in [0.05, 0.1) is 38.6 Å². The molecule has 1 amide bonds. The number of rotatable bonds is 35. The maximum Gasteiger partial charge on any atom is 0.220 e. The van der Waals surface area contributed by atoms with E-state index in [4.69, 9.17) is 28.4 Å². The summed E-state index contributed by atoms with van der Waals surface area (Å²) in [5.41, 5.74) is 0. The predicted octanol–water partition coefficient (Wildman–Crippen LogP) is 1.97. The van der Waals surface area contributed by atoms with Gasteiger partial charge in [0.1, 0.15) is 73.2 Å². The van der Waals surface area contributed by atoms with Crippen LogP contribution in [0.4, 0.5) is 0 Å². The Morgan fingerprint density at radius 1 is 0.514 bits per heavy atom. The van der Waals surface area contributed by atoms with Gasteiger partial charge in [0, 0.05) is 6.42 Å². The van der Waals surface area contributed by atoms with Gasteiger partial charge >= 0.3 is 0 Å². The maximum atomic E-state index is 13.2. The van der Waals surface area contributed by atoms with Gasteiger partial charge in [-0.1, -0.05) is 120 Å². The number of aliphatic hydroxyl groups excluding tert-OH is 11. The smallest absolute Gasteiger partial charge is 0.220 e. The molecule has 3 rings (SSSR count). The Labute approximate surface area is 414 Å².